The number of ether oxygens (including phenoxy) is 2. The molecule has 1 aromatic heterocycles. The van der Waals surface area contributed by atoms with Gasteiger partial charge < -0.3 is 20.1 Å². The highest BCUT2D eigenvalue weighted by Crippen LogP contribution is 2.33. The van der Waals surface area contributed by atoms with Gasteiger partial charge in [-0.05, 0) is 55.0 Å². The molecule has 9 nitrogen and oxygen atoms in total. The van der Waals surface area contributed by atoms with Gasteiger partial charge in [-0.3, -0.25) is 14.2 Å². The lowest BCUT2D eigenvalue weighted by Gasteiger charge is -2.15. The second kappa shape index (κ2) is 13.0. The first kappa shape index (κ1) is 28.4. The minimum atomic E-state index is -0.246. The van der Waals surface area contributed by atoms with Crippen LogP contribution in [0.5, 0.6) is 11.5 Å². The van der Waals surface area contributed by atoms with E-state index < -0.39 is 0 Å². The number of benzene rings is 4. The number of hydrogen-bond acceptors (Lipinski definition) is 7. The molecule has 0 radical (unpaired) electrons. The number of thioether (sulfide) groups is 1. The van der Waals surface area contributed by atoms with Crippen LogP contribution >= 0.6 is 11.8 Å². The van der Waals surface area contributed by atoms with Gasteiger partial charge in [0.15, 0.2) is 11.0 Å². The van der Waals surface area contributed by atoms with Crippen LogP contribution in [-0.2, 0) is 4.79 Å². The summed E-state index contributed by atoms with van der Waals surface area (Å²) < 4.78 is 12.8. The lowest BCUT2D eigenvalue weighted by molar-refractivity contribution is -0.113. The molecule has 2 amide bonds. The third kappa shape index (κ3) is 6.45. The monoisotopic (exact) mass is 579 g/mol. The van der Waals surface area contributed by atoms with Crippen LogP contribution in [0.3, 0.4) is 0 Å². The van der Waals surface area contributed by atoms with E-state index in [0.29, 0.717) is 33.7 Å². The van der Waals surface area contributed by atoms with Crippen LogP contribution in [0.1, 0.15) is 15.9 Å². The highest BCUT2D eigenvalue weighted by molar-refractivity contribution is 7.99. The second-order valence-electron chi connectivity index (χ2n) is 9.23. The van der Waals surface area contributed by atoms with E-state index in [9.17, 15) is 9.59 Å². The quantitative estimate of drug-likeness (QED) is 0.189. The molecule has 212 valence electrons. The molecule has 0 saturated carbocycles. The van der Waals surface area contributed by atoms with Gasteiger partial charge in [-0.2, -0.15) is 0 Å². The van der Waals surface area contributed by atoms with Gasteiger partial charge in [-0.1, -0.05) is 60.3 Å². The molecule has 5 aromatic rings. The fraction of sp³-hybridized carbons (Fsp3) is 0.125. The van der Waals surface area contributed by atoms with Crippen LogP contribution in [0.2, 0.25) is 0 Å². The number of amides is 2. The van der Waals surface area contributed by atoms with E-state index in [2.05, 4.69) is 20.8 Å². The lowest BCUT2D eigenvalue weighted by atomic mass is 10.1. The van der Waals surface area contributed by atoms with Gasteiger partial charge in [0.25, 0.3) is 5.91 Å². The maximum atomic E-state index is 13.1. The van der Waals surface area contributed by atoms with Crippen molar-refractivity contribution < 1.29 is 19.1 Å². The fourth-order valence-electron chi connectivity index (χ4n) is 4.29. The van der Waals surface area contributed by atoms with Gasteiger partial charge in [0.2, 0.25) is 5.91 Å². The minimum absolute atomic E-state index is 0.0811. The topological polar surface area (TPSA) is 107 Å². The van der Waals surface area contributed by atoms with Crippen molar-refractivity contribution in [3.63, 3.8) is 0 Å². The molecule has 4 aromatic carbocycles. The molecule has 1 heterocycles. The van der Waals surface area contributed by atoms with E-state index in [0.717, 1.165) is 22.6 Å². The molecule has 0 atom stereocenters. The zero-order chi connectivity index (χ0) is 29.5. The van der Waals surface area contributed by atoms with Crippen molar-refractivity contribution >= 4 is 35.0 Å². The summed E-state index contributed by atoms with van der Waals surface area (Å²) in [5.74, 6) is 1.42. The maximum absolute atomic E-state index is 13.1. The van der Waals surface area contributed by atoms with Crippen LogP contribution in [-0.4, -0.2) is 46.6 Å². The Morgan fingerprint density at radius 1 is 0.810 bits per heavy atom. The number of methoxy groups -OCH3 is 2. The van der Waals surface area contributed by atoms with Gasteiger partial charge in [-0.15, -0.1) is 10.2 Å². The Kier molecular flexibility index (Phi) is 8.84. The van der Waals surface area contributed by atoms with Gasteiger partial charge >= 0.3 is 0 Å². The average molecular weight is 580 g/mol. The first-order valence-corrected chi connectivity index (χ1v) is 14.1. The van der Waals surface area contributed by atoms with Crippen molar-refractivity contribution in [1.29, 1.82) is 0 Å². The Labute approximate surface area is 247 Å². The molecule has 42 heavy (non-hydrogen) atoms. The summed E-state index contributed by atoms with van der Waals surface area (Å²) in [6.07, 6.45) is 0. The Morgan fingerprint density at radius 2 is 1.50 bits per heavy atom. The van der Waals surface area contributed by atoms with Crippen LogP contribution in [0.15, 0.2) is 102 Å². The molecule has 0 aliphatic heterocycles. The predicted octanol–water partition coefficient (Wildman–Crippen LogP) is 6.24. The van der Waals surface area contributed by atoms with Crippen molar-refractivity contribution in [2.24, 2.45) is 0 Å². The van der Waals surface area contributed by atoms with Crippen molar-refractivity contribution in [3.05, 3.63) is 108 Å². The Balaban J connectivity index is 1.33. The third-order valence-corrected chi connectivity index (χ3v) is 7.36. The standard InChI is InChI=1S/C32H29N5O4S/c1-21-18-27(28(41-3)19-26(21)34-31(39)23-12-8-5-9-13-23)33-29(38)20-42-32-36-35-30(22-10-6-4-7-11-22)37(32)24-14-16-25(40-2)17-15-24/h4-19H,20H2,1-3H3,(H,33,38)(H,34,39). The molecule has 10 heteroatoms. The molecule has 0 unspecified atom stereocenters. The second-order valence-corrected chi connectivity index (χ2v) is 10.2. The Hall–Kier alpha value is -5.09. The van der Waals surface area contributed by atoms with Crippen molar-refractivity contribution in [3.8, 4) is 28.6 Å². The zero-order valence-electron chi connectivity index (χ0n) is 23.3. The van der Waals surface area contributed by atoms with E-state index in [-0.39, 0.29) is 17.6 Å². The van der Waals surface area contributed by atoms with E-state index in [1.165, 1.54) is 18.9 Å². The highest BCUT2D eigenvalue weighted by atomic mass is 32.2. The molecule has 0 aliphatic rings. The lowest BCUT2D eigenvalue weighted by Crippen LogP contribution is -2.16. The van der Waals surface area contributed by atoms with E-state index >= 15 is 0 Å². The van der Waals surface area contributed by atoms with Gasteiger partial charge in [0, 0.05) is 28.6 Å². The molecular weight excluding hydrogens is 550 g/mol. The van der Waals surface area contributed by atoms with E-state index in [1.807, 2.05) is 72.2 Å². The minimum Gasteiger partial charge on any atom is -0.497 e. The summed E-state index contributed by atoms with van der Waals surface area (Å²) in [7, 11) is 3.13. The number of nitrogens with one attached hydrogen (secondary N) is 2. The number of anilines is 2. The van der Waals surface area contributed by atoms with Crippen LogP contribution in [0, 0.1) is 6.92 Å². The molecule has 0 bridgehead atoms. The number of aryl methyl sites for hydroxylation is 1. The van der Waals surface area contributed by atoms with Crippen molar-refractivity contribution in [2.45, 2.75) is 12.1 Å². The molecule has 2 N–H and O–H groups in total. The Morgan fingerprint density at radius 3 is 2.17 bits per heavy atom. The average Bonchev–Trinajstić information content (AvgIpc) is 3.46. The number of rotatable bonds is 10. The molecule has 5 rings (SSSR count). The highest BCUT2D eigenvalue weighted by Gasteiger charge is 2.19. The predicted molar refractivity (Wildman–Crippen MR) is 165 cm³/mol. The maximum Gasteiger partial charge on any atom is 0.255 e. The van der Waals surface area contributed by atoms with Crippen molar-refractivity contribution in [1.82, 2.24) is 14.8 Å². The fourth-order valence-corrected chi connectivity index (χ4v) is 5.04. The number of nitrogens with zero attached hydrogens (tertiary/aromatic N) is 3. The Bertz CT molecular complexity index is 1690. The number of carbonyl (C=O) groups excluding carboxylic acids is 2. The van der Waals surface area contributed by atoms with Crippen LogP contribution < -0.4 is 20.1 Å². The number of hydrogen-bond donors (Lipinski definition) is 2. The summed E-state index contributed by atoms with van der Waals surface area (Å²) in [6, 6.07) is 29.8. The van der Waals surface area contributed by atoms with Gasteiger partial charge in [0.05, 0.1) is 25.7 Å². The third-order valence-electron chi connectivity index (χ3n) is 6.43. The summed E-state index contributed by atoms with van der Waals surface area (Å²) >= 11 is 1.27. The van der Waals surface area contributed by atoms with E-state index in [4.69, 9.17) is 9.47 Å². The largest absolute Gasteiger partial charge is 0.497 e. The molecule has 0 saturated heterocycles. The number of aromatic nitrogens is 3. The molecule has 0 aliphatic carbocycles. The normalized spacial score (nSPS) is 10.6. The van der Waals surface area contributed by atoms with E-state index in [1.54, 1.807) is 43.5 Å². The first-order chi connectivity index (χ1) is 20.5. The summed E-state index contributed by atoms with van der Waals surface area (Å²) in [6.45, 7) is 1.85. The van der Waals surface area contributed by atoms with Crippen LogP contribution in [0.25, 0.3) is 17.1 Å². The summed E-state index contributed by atoms with van der Waals surface area (Å²) in [5, 5.41) is 15.2. The first-order valence-electron chi connectivity index (χ1n) is 13.1. The summed E-state index contributed by atoms with van der Waals surface area (Å²) in [4.78, 5) is 25.7. The SMILES string of the molecule is COc1ccc(-n2c(SCC(=O)Nc3cc(C)c(NC(=O)c4ccccc4)cc3OC)nnc2-c2ccccc2)cc1. The number of carbonyl (C=O) groups is 2. The smallest absolute Gasteiger partial charge is 0.255 e. The molecule has 0 spiro atoms. The van der Waals surface area contributed by atoms with Crippen molar-refractivity contribution in [2.75, 3.05) is 30.6 Å². The van der Waals surface area contributed by atoms with Crippen LogP contribution in [0.4, 0.5) is 11.4 Å². The van der Waals surface area contributed by atoms with Gasteiger partial charge in [0.1, 0.15) is 11.5 Å². The van der Waals surface area contributed by atoms with Gasteiger partial charge in [-0.25, -0.2) is 0 Å². The summed E-state index contributed by atoms with van der Waals surface area (Å²) in [5.41, 5.74) is 4.15. The molecular formula is C32H29N5O4S. The molecule has 0 fully saturated rings. The zero-order valence-corrected chi connectivity index (χ0v) is 24.1.